The normalized spacial score (nSPS) is 19.7. The van der Waals surface area contributed by atoms with Gasteiger partial charge in [-0.05, 0) is 44.0 Å². The molecule has 4 rings (SSSR count). The second-order valence-corrected chi connectivity index (χ2v) is 7.37. The maximum atomic E-state index is 12.6. The molecule has 1 N–H and O–H groups in total. The molecular formula is C21H25N3O4. The standard InChI is InChI=1S/C21H25N3O4/c1-15-14-28-18-6-3-2-5-17(18)24(15)13-20(25)22-16-8-10-23(11-9-16)21(26)19-7-4-12-27-19/h2-7,12,15-16H,8-11,13-14H2,1H3,(H,22,25). The van der Waals surface area contributed by atoms with E-state index in [0.717, 1.165) is 24.3 Å². The summed E-state index contributed by atoms with van der Waals surface area (Å²) in [5.41, 5.74) is 0.954. The molecule has 7 heteroatoms. The van der Waals surface area contributed by atoms with E-state index < -0.39 is 0 Å². The molecule has 148 valence electrons. The lowest BCUT2D eigenvalue weighted by Gasteiger charge is -2.37. The van der Waals surface area contributed by atoms with Crippen molar-refractivity contribution < 1.29 is 18.7 Å². The minimum atomic E-state index is -0.0893. The smallest absolute Gasteiger partial charge is 0.289 e. The Bertz CT molecular complexity index is 828. The fourth-order valence-corrected chi connectivity index (χ4v) is 3.81. The van der Waals surface area contributed by atoms with Gasteiger partial charge in [0.1, 0.15) is 12.4 Å². The highest BCUT2D eigenvalue weighted by Gasteiger charge is 2.28. The molecular weight excluding hydrogens is 358 g/mol. The highest BCUT2D eigenvalue weighted by molar-refractivity contribution is 5.91. The van der Waals surface area contributed by atoms with E-state index in [4.69, 9.17) is 9.15 Å². The van der Waals surface area contributed by atoms with Crippen LogP contribution in [0.25, 0.3) is 0 Å². The van der Waals surface area contributed by atoms with Gasteiger partial charge in [0.25, 0.3) is 5.91 Å². The van der Waals surface area contributed by atoms with Gasteiger partial charge in [0.05, 0.1) is 24.5 Å². The molecule has 0 saturated carbocycles. The van der Waals surface area contributed by atoms with Crippen molar-refractivity contribution in [1.29, 1.82) is 0 Å². The molecule has 0 aliphatic carbocycles. The van der Waals surface area contributed by atoms with Gasteiger partial charge in [-0.3, -0.25) is 9.59 Å². The molecule has 0 spiro atoms. The van der Waals surface area contributed by atoms with Crippen LogP contribution in [-0.2, 0) is 4.79 Å². The Morgan fingerprint density at radius 3 is 2.68 bits per heavy atom. The Hall–Kier alpha value is -2.96. The number of amides is 2. The first-order chi connectivity index (χ1) is 13.6. The lowest BCUT2D eigenvalue weighted by Crippen LogP contribution is -2.51. The van der Waals surface area contributed by atoms with Gasteiger partial charge in [0, 0.05) is 19.1 Å². The third-order valence-corrected chi connectivity index (χ3v) is 5.38. The van der Waals surface area contributed by atoms with Crippen molar-refractivity contribution in [2.45, 2.75) is 31.8 Å². The van der Waals surface area contributed by atoms with Crippen LogP contribution in [0.15, 0.2) is 47.1 Å². The molecule has 1 aromatic carbocycles. The minimum absolute atomic E-state index is 0.000589. The summed E-state index contributed by atoms with van der Waals surface area (Å²) in [6.45, 7) is 4.15. The van der Waals surface area contributed by atoms with E-state index in [1.54, 1.807) is 17.0 Å². The van der Waals surface area contributed by atoms with E-state index in [-0.39, 0.29) is 23.9 Å². The van der Waals surface area contributed by atoms with Crippen LogP contribution in [0.5, 0.6) is 5.75 Å². The second-order valence-electron chi connectivity index (χ2n) is 7.37. The van der Waals surface area contributed by atoms with Gasteiger partial charge < -0.3 is 24.3 Å². The zero-order chi connectivity index (χ0) is 19.5. The highest BCUT2D eigenvalue weighted by Crippen LogP contribution is 2.33. The van der Waals surface area contributed by atoms with Crippen LogP contribution in [-0.4, -0.2) is 55.0 Å². The summed E-state index contributed by atoms with van der Waals surface area (Å²) in [6, 6.07) is 11.4. The first-order valence-electron chi connectivity index (χ1n) is 9.72. The molecule has 2 aliphatic heterocycles. The van der Waals surface area contributed by atoms with Gasteiger partial charge in [-0.25, -0.2) is 0 Å². The van der Waals surface area contributed by atoms with Crippen molar-refractivity contribution >= 4 is 17.5 Å². The Labute approximate surface area is 164 Å². The van der Waals surface area contributed by atoms with Gasteiger partial charge in [-0.2, -0.15) is 0 Å². The second kappa shape index (κ2) is 7.96. The molecule has 2 aromatic rings. The van der Waals surface area contributed by atoms with Crippen LogP contribution in [0.2, 0.25) is 0 Å². The maximum absolute atomic E-state index is 12.6. The summed E-state index contributed by atoms with van der Waals surface area (Å²) < 4.78 is 10.9. The van der Waals surface area contributed by atoms with Crippen molar-refractivity contribution in [2.75, 3.05) is 31.1 Å². The number of rotatable bonds is 4. The quantitative estimate of drug-likeness (QED) is 0.877. The average Bonchev–Trinajstić information content (AvgIpc) is 3.25. The molecule has 3 heterocycles. The number of para-hydroxylation sites is 2. The predicted molar refractivity (Wildman–Crippen MR) is 105 cm³/mol. The monoisotopic (exact) mass is 383 g/mol. The van der Waals surface area contributed by atoms with Crippen LogP contribution >= 0.6 is 0 Å². The number of nitrogens with zero attached hydrogens (tertiary/aromatic N) is 2. The van der Waals surface area contributed by atoms with E-state index in [1.165, 1.54) is 6.26 Å². The molecule has 0 radical (unpaired) electrons. The molecule has 1 saturated heterocycles. The van der Waals surface area contributed by atoms with Gasteiger partial charge in [0.2, 0.25) is 5.91 Å². The number of likely N-dealkylation sites (tertiary alicyclic amines) is 1. The van der Waals surface area contributed by atoms with Crippen LogP contribution in [0, 0.1) is 0 Å². The lowest BCUT2D eigenvalue weighted by molar-refractivity contribution is -0.120. The minimum Gasteiger partial charge on any atom is -0.489 e. The lowest BCUT2D eigenvalue weighted by atomic mass is 10.0. The van der Waals surface area contributed by atoms with E-state index in [2.05, 4.69) is 17.1 Å². The third-order valence-electron chi connectivity index (χ3n) is 5.38. The third kappa shape index (κ3) is 3.83. The summed E-state index contributed by atoms with van der Waals surface area (Å²) in [4.78, 5) is 28.8. The number of furan rings is 1. The van der Waals surface area contributed by atoms with Crippen LogP contribution < -0.4 is 15.0 Å². The van der Waals surface area contributed by atoms with E-state index >= 15 is 0 Å². The summed E-state index contributed by atoms with van der Waals surface area (Å²) in [5, 5.41) is 3.13. The zero-order valence-corrected chi connectivity index (χ0v) is 16.0. The number of hydrogen-bond acceptors (Lipinski definition) is 5. The maximum Gasteiger partial charge on any atom is 0.289 e. The molecule has 7 nitrogen and oxygen atoms in total. The van der Waals surface area contributed by atoms with Crippen molar-refractivity contribution in [3.05, 3.63) is 48.4 Å². The summed E-state index contributed by atoms with van der Waals surface area (Å²) >= 11 is 0. The van der Waals surface area contributed by atoms with Crippen molar-refractivity contribution in [3.63, 3.8) is 0 Å². The van der Waals surface area contributed by atoms with Gasteiger partial charge in [0.15, 0.2) is 5.76 Å². The Kier molecular flexibility index (Phi) is 5.23. The summed E-state index contributed by atoms with van der Waals surface area (Å²) in [5.74, 6) is 1.09. The highest BCUT2D eigenvalue weighted by atomic mass is 16.5. The number of piperidine rings is 1. The number of fused-ring (bicyclic) bond motifs is 1. The number of hydrogen-bond donors (Lipinski definition) is 1. The number of carbonyl (C=O) groups is 2. The molecule has 0 bridgehead atoms. The molecule has 2 amide bonds. The topological polar surface area (TPSA) is 75.0 Å². The average molecular weight is 383 g/mol. The van der Waals surface area contributed by atoms with Crippen molar-refractivity contribution in [1.82, 2.24) is 10.2 Å². The molecule has 1 unspecified atom stereocenters. The molecule has 1 fully saturated rings. The Balaban J connectivity index is 1.30. The van der Waals surface area contributed by atoms with Crippen LogP contribution in [0.3, 0.4) is 0 Å². The first kappa shape index (κ1) is 18.4. The number of benzene rings is 1. The number of nitrogens with one attached hydrogen (secondary N) is 1. The van der Waals surface area contributed by atoms with Crippen LogP contribution in [0.1, 0.15) is 30.3 Å². The fraction of sp³-hybridized carbons (Fsp3) is 0.429. The van der Waals surface area contributed by atoms with Gasteiger partial charge >= 0.3 is 0 Å². The predicted octanol–water partition coefficient (Wildman–Crippen LogP) is 2.29. The molecule has 2 aliphatic rings. The molecule has 1 atom stereocenters. The Morgan fingerprint density at radius 1 is 1.14 bits per heavy atom. The van der Waals surface area contributed by atoms with E-state index in [0.29, 0.717) is 32.0 Å². The van der Waals surface area contributed by atoms with Gasteiger partial charge in [-0.1, -0.05) is 12.1 Å². The SMILES string of the molecule is CC1COc2ccccc2N1CC(=O)NC1CCN(C(=O)c2ccco2)CC1. The number of anilines is 1. The van der Waals surface area contributed by atoms with Gasteiger partial charge in [-0.15, -0.1) is 0 Å². The Morgan fingerprint density at radius 2 is 1.93 bits per heavy atom. The summed E-state index contributed by atoms with van der Waals surface area (Å²) in [7, 11) is 0. The molecule has 1 aromatic heterocycles. The van der Waals surface area contributed by atoms with E-state index in [1.807, 2.05) is 24.3 Å². The van der Waals surface area contributed by atoms with Crippen molar-refractivity contribution in [3.8, 4) is 5.75 Å². The summed E-state index contributed by atoms with van der Waals surface area (Å²) in [6.07, 6.45) is 2.99. The first-order valence-corrected chi connectivity index (χ1v) is 9.72. The largest absolute Gasteiger partial charge is 0.489 e. The molecule has 28 heavy (non-hydrogen) atoms. The zero-order valence-electron chi connectivity index (χ0n) is 16.0. The van der Waals surface area contributed by atoms with Crippen LogP contribution in [0.4, 0.5) is 5.69 Å². The number of ether oxygens (including phenoxy) is 1. The fourth-order valence-electron chi connectivity index (χ4n) is 3.81. The van der Waals surface area contributed by atoms with E-state index in [9.17, 15) is 9.59 Å². The number of carbonyl (C=O) groups excluding carboxylic acids is 2. The van der Waals surface area contributed by atoms with Crippen molar-refractivity contribution in [2.24, 2.45) is 0 Å².